The smallest absolute Gasteiger partial charge is 0.254 e. The lowest BCUT2D eigenvalue weighted by atomic mass is 10.1. The van der Waals surface area contributed by atoms with E-state index in [9.17, 15) is 4.79 Å². The second-order valence-electron chi connectivity index (χ2n) is 5.71. The molecule has 0 atom stereocenters. The van der Waals surface area contributed by atoms with Crippen LogP contribution in [0.1, 0.15) is 28.0 Å². The Morgan fingerprint density at radius 3 is 3.14 bits per heavy atom. The van der Waals surface area contributed by atoms with Gasteiger partial charge in [0, 0.05) is 36.8 Å². The fourth-order valence-electron chi connectivity index (χ4n) is 3.18. The molecule has 1 aliphatic rings. The molecule has 0 spiro atoms. The molecule has 1 N–H and O–H groups in total. The number of rotatable bonds is 1. The highest BCUT2D eigenvalue weighted by Crippen LogP contribution is 2.22. The van der Waals surface area contributed by atoms with Gasteiger partial charge >= 0.3 is 0 Å². The van der Waals surface area contributed by atoms with Crippen LogP contribution in [-0.4, -0.2) is 37.3 Å². The van der Waals surface area contributed by atoms with Crippen LogP contribution in [0.25, 0.3) is 10.9 Å². The summed E-state index contributed by atoms with van der Waals surface area (Å²) in [6.45, 7) is 1.39. The predicted octanol–water partition coefficient (Wildman–Crippen LogP) is 1.89. The summed E-state index contributed by atoms with van der Waals surface area (Å²) >= 11 is 0. The summed E-state index contributed by atoms with van der Waals surface area (Å²) in [5, 5.41) is 12.1. The highest BCUT2D eigenvalue weighted by atomic mass is 16.2. The standard InChI is InChI=1S/C16H17N5O/c1-20-15-6-3-7-21(10-11(15)8-18-20)16(22)12-4-2-5-14-13(12)9-17-19-14/h2,4-5,8-9H,3,6-7,10H2,1H3,(H,17,19). The van der Waals surface area contributed by atoms with Crippen molar-refractivity contribution in [3.63, 3.8) is 0 Å². The van der Waals surface area contributed by atoms with Crippen molar-refractivity contribution in [3.05, 3.63) is 47.4 Å². The van der Waals surface area contributed by atoms with Gasteiger partial charge in [-0.1, -0.05) is 6.07 Å². The van der Waals surface area contributed by atoms with Crippen LogP contribution in [0.15, 0.2) is 30.6 Å². The van der Waals surface area contributed by atoms with Gasteiger partial charge < -0.3 is 4.90 Å². The predicted molar refractivity (Wildman–Crippen MR) is 82.4 cm³/mol. The molecule has 1 amide bonds. The minimum Gasteiger partial charge on any atom is -0.334 e. The highest BCUT2D eigenvalue weighted by Gasteiger charge is 2.23. The van der Waals surface area contributed by atoms with Gasteiger partial charge in [-0.2, -0.15) is 10.2 Å². The van der Waals surface area contributed by atoms with Gasteiger partial charge in [-0.3, -0.25) is 14.6 Å². The number of benzene rings is 1. The number of aryl methyl sites for hydroxylation is 1. The van der Waals surface area contributed by atoms with Crippen LogP contribution in [0.2, 0.25) is 0 Å². The third-order valence-corrected chi connectivity index (χ3v) is 4.35. The summed E-state index contributed by atoms with van der Waals surface area (Å²) in [4.78, 5) is 14.9. The van der Waals surface area contributed by atoms with Gasteiger partial charge in [0.15, 0.2) is 0 Å². The Hall–Kier alpha value is -2.63. The molecule has 2 aromatic heterocycles. The van der Waals surface area contributed by atoms with Crippen LogP contribution < -0.4 is 0 Å². The van der Waals surface area contributed by atoms with Crippen molar-refractivity contribution in [1.29, 1.82) is 0 Å². The largest absolute Gasteiger partial charge is 0.334 e. The molecule has 0 fully saturated rings. The lowest BCUT2D eigenvalue weighted by Crippen LogP contribution is -2.30. The van der Waals surface area contributed by atoms with Crippen LogP contribution in [-0.2, 0) is 20.0 Å². The van der Waals surface area contributed by atoms with E-state index < -0.39 is 0 Å². The van der Waals surface area contributed by atoms with Crippen molar-refractivity contribution >= 4 is 16.8 Å². The quantitative estimate of drug-likeness (QED) is 0.745. The Kier molecular flexibility index (Phi) is 2.96. The lowest BCUT2D eigenvalue weighted by Gasteiger charge is -2.20. The minimum absolute atomic E-state index is 0.0590. The summed E-state index contributed by atoms with van der Waals surface area (Å²) < 4.78 is 1.92. The van der Waals surface area contributed by atoms with Crippen LogP contribution in [0.4, 0.5) is 0 Å². The van der Waals surface area contributed by atoms with Gasteiger partial charge in [0.05, 0.1) is 23.5 Å². The van der Waals surface area contributed by atoms with Gasteiger partial charge in [0.25, 0.3) is 5.91 Å². The third kappa shape index (κ3) is 1.99. The number of carbonyl (C=O) groups excluding carboxylic acids is 1. The van der Waals surface area contributed by atoms with Gasteiger partial charge in [0.2, 0.25) is 0 Å². The summed E-state index contributed by atoms with van der Waals surface area (Å²) in [5.74, 6) is 0.0590. The van der Waals surface area contributed by atoms with Crippen molar-refractivity contribution in [1.82, 2.24) is 24.9 Å². The first-order chi connectivity index (χ1) is 10.7. The van der Waals surface area contributed by atoms with Gasteiger partial charge in [-0.05, 0) is 25.0 Å². The highest BCUT2D eigenvalue weighted by molar-refractivity contribution is 6.06. The maximum atomic E-state index is 12.9. The molecule has 1 aliphatic heterocycles. The van der Waals surface area contributed by atoms with E-state index in [1.165, 1.54) is 5.69 Å². The fourth-order valence-corrected chi connectivity index (χ4v) is 3.18. The molecule has 0 saturated carbocycles. The van der Waals surface area contributed by atoms with E-state index in [-0.39, 0.29) is 5.91 Å². The van der Waals surface area contributed by atoms with Gasteiger partial charge in [0.1, 0.15) is 0 Å². The number of fused-ring (bicyclic) bond motifs is 2. The van der Waals surface area contributed by atoms with Crippen molar-refractivity contribution in [2.45, 2.75) is 19.4 Å². The van der Waals surface area contributed by atoms with E-state index in [1.807, 2.05) is 41.0 Å². The van der Waals surface area contributed by atoms with Gasteiger partial charge in [-0.15, -0.1) is 0 Å². The van der Waals surface area contributed by atoms with Crippen molar-refractivity contribution < 1.29 is 4.79 Å². The van der Waals surface area contributed by atoms with Crippen LogP contribution in [0.5, 0.6) is 0 Å². The molecule has 0 unspecified atom stereocenters. The number of hydrogen-bond donors (Lipinski definition) is 1. The molecule has 3 heterocycles. The van der Waals surface area contributed by atoms with Crippen LogP contribution >= 0.6 is 0 Å². The normalized spacial score (nSPS) is 14.9. The number of hydrogen-bond acceptors (Lipinski definition) is 3. The number of H-pyrrole nitrogens is 1. The molecule has 3 aromatic rings. The van der Waals surface area contributed by atoms with Crippen molar-refractivity contribution in [3.8, 4) is 0 Å². The Bertz CT molecular complexity index is 847. The molecule has 1 aromatic carbocycles. The maximum Gasteiger partial charge on any atom is 0.254 e. The van der Waals surface area contributed by atoms with E-state index in [2.05, 4.69) is 15.3 Å². The molecule has 6 nitrogen and oxygen atoms in total. The van der Waals surface area contributed by atoms with Crippen LogP contribution in [0, 0.1) is 0 Å². The number of carbonyl (C=O) groups is 1. The summed E-state index contributed by atoms with van der Waals surface area (Å²) in [6, 6.07) is 5.69. The molecule has 0 bridgehead atoms. The molecular formula is C16H17N5O. The van der Waals surface area contributed by atoms with E-state index in [0.29, 0.717) is 12.1 Å². The monoisotopic (exact) mass is 295 g/mol. The van der Waals surface area contributed by atoms with Crippen molar-refractivity contribution in [2.24, 2.45) is 7.05 Å². The maximum absolute atomic E-state index is 12.9. The van der Waals surface area contributed by atoms with E-state index in [0.717, 1.165) is 35.9 Å². The van der Waals surface area contributed by atoms with E-state index >= 15 is 0 Å². The average Bonchev–Trinajstić information content (AvgIpc) is 3.07. The number of nitrogens with one attached hydrogen (secondary N) is 1. The number of aromatic amines is 1. The van der Waals surface area contributed by atoms with Gasteiger partial charge in [-0.25, -0.2) is 0 Å². The average molecular weight is 295 g/mol. The Balaban J connectivity index is 1.69. The first-order valence-corrected chi connectivity index (χ1v) is 7.45. The zero-order valence-corrected chi connectivity index (χ0v) is 12.4. The Labute approximate surface area is 127 Å². The minimum atomic E-state index is 0.0590. The molecule has 0 saturated heterocycles. The lowest BCUT2D eigenvalue weighted by molar-refractivity contribution is 0.0748. The second kappa shape index (κ2) is 4.98. The zero-order valence-electron chi connectivity index (χ0n) is 12.4. The molecule has 0 aliphatic carbocycles. The van der Waals surface area contributed by atoms with Crippen molar-refractivity contribution in [2.75, 3.05) is 6.54 Å². The molecular weight excluding hydrogens is 278 g/mol. The van der Waals surface area contributed by atoms with E-state index in [4.69, 9.17) is 0 Å². The number of amides is 1. The topological polar surface area (TPSA) is 66.8 Å². The zero-order chi connectivity index (χ0) is 15.1. The molecule has 4 rings (SSSR count). The Morgan fingerprint density at radius 2 is 2.23 bits per heavy atom. The first kappa shape index (κ1) is 13.1. The summed E-state index contributed by atoms with van der Waals surface area (Å²) in [6.07, 6.45) is 5.51. The first-order valence-electron chi connectivity index (χ1n) is 7.45. The third-order valence-electron chi connectivity index (χ3n) is 4.35. The summed E-state index contributed by atoms with van der Waals surface area (Å²) in [5.41, 5.74) is 3.98. The SMILES string of the molecule is Cn1ncc2c1CCCN(C(=O)c1cccc3[nH]ncc13)C2. The molecule has 0 radical (unpaired) electrons. The fraction of sp³-hybridized carbons (Fsp3) is 0.312. The number of nitrogens with zero attached hydrogens (tertiary/aromatic N) is 4. The molecule has 112 valence electrons. The van der Waals surface area contributed by atoms with Crippen LogP contribution in [0.3, 0.4) is 0 Å². The summed E-state index contributed by atoms with van der Waals surface area (Å²) in [7, 11) is 1.96. The molecule has 6 heteroatoms. The Morgan fingerprint density at radius 1 is 1.32 bits per heavy atom. The number of aromatic nitrogens is 4. The van der Waals surface area contributed by atoms with E-state index in [1.54, 1.807) is 6.20 Å². The molecule has 22 heavy (non-hydrogen) atoms. The second-order valence-corrected chi connectivity index (χ2v) is 5.71.